The highest BCUT2D eigenvalue weighted by Gasteiger charge is 2.14. The first-order chi connectivity index (χ1) is 7.02. The summed E-state index contributed by atoms with van der Waals surface area (Å²) in [6.07, 6.45) is 0. The minimum Gasteiger partial charge on any atom is -0.480 e. The van der Waals surface area contributed by atoms with E-state index < -0.39 is 12.0 Å². The van der Waals surface area contributed by atoms with Gasteiger partial charge in [0, 0.05) is 10.6 Å². The van der Waals surface area contributed by atoms with Crippen LogP contribution < -0.4 is 5.73 Å². The molecule has 1 aromatic carbocycles. The Hall–Kier alpha value is -0.420. The Labute approximate surface area is 102 Å². The molecule has 0 radical (unpaired) electrons. The maximum Gasteiger partial charge on any atom is 0.321 e. The van der Waals surface area contributed by atoms with Crippen LogP contribution in [0.1, 0.15) is 0 Å². The van der Waals surface area contributed by atoms with Crippen molar-refractivity contribution < 1.29 is 9.90 Å². The van der Waals surface area contributed by atoms with Gasteiger partial charge in [-0.3, -0.25) is 4.79 Å². The van der Waals surface area contributed by atoms with Crippen LogP contribution in [0, 0.1) is 0 Å². The second-order valence-electron chi connectivity index (χ2n) is 2.81. The zero-order valence-electron chi connectivity index (χ0n) is 7.61. The van der Waals surface area contributed by atoms with Gasteiger partial charge in [0.05, 0.1) is 10.0 Å². The molecule has 0 amide bonds. The van der Waals surface area contributed by atoms with E-state index in [0.717, 1.165) is 0 Å². The van der Waals surface area contributed by atoms with Gasteiger partial charge in [0.25, 0.3) is 0 Å². The highest BCUT2D eigenvalue weighted by atomic mass is 35.5. The van der Waals surface area contributed by atoms with Crippen molar-refractivity contribution in [1.29, 1.82) is 0 Å². The fourth-order valence-electron chi connectivity index (χ4n) is 0.865. The number of rotatable bonds is 4. The molecule has 0 aliphatic carbocycles. The van der Waals surface area contributed by atoms with Crippen LogP contribution in [0.5, 0.6) is 0 Å². The van der Waals surface area contributed by atoms with Crippen LogP contribution in [0.2, 0.25) is 10.0 Å². The standard InChI is InChI=1S/C9H9Cl2NO2S/c10-5-2-1-3-6(11)8(5)15-4-7(12)9(13)14/h1-3,7H,4,12H2,(H,13,14). The molecule has 0 aliphatic heterocycles. The van der Waals surface area contributed by atoms with Crippen LogP contribution >= 0.6 is 35.0 Å². The molecule has 0 aromatic heterocycles. The van der Waals surface area contributed by atoms with Crippen molar-refractivity contribution in [2.45, 2.75) is 10.9 Å². The largest absolute Gasteiger partial charge is 0.480 e. The van der Waals surface area contributed by atoms with Crippen LogP contribution in [0.3, 0.4) is 0 Å². The third-order valence-electron chi connectivity index (χ3n) is 1.64. The van der Waals surface area contributed by atoms with Crippen LogP contribution in [-0.4, -0.2) is 22.9 Å². The van der Waals surface area contributed by atoms with Gasteiger partial charge in [-0.05, 0) is 12.1 Å². The van der Waals surface area contributed by atoms with Gasteiger partial charge in [0.1, 0.15) is 6.04 Å². The molecule has 0 saturated carbocycles. The maximum absolute atomic E-state index is 10.5. The van der Waals surface area contributed by atoms with Gasteiger partial charge in [-0.2, -0.15) is 0 Å². The molecule has 6 heteroatoms. The van der Waals surface area contributed by atoms with Crippen molar-refractivity contribution in [3.63, 3.8) is 0 Å². The first-order valence-corrected chi connectivity index (χ1v) is 5.81. The lowest BCUT2D eigenvalue weighted by atomic mass is 10.4. The Balaban J connectivity index is 2.69. The van der Waals surface area contributed by atoms with Crippen molar-refractivity contribution in [2.75, 3.05) is 5.75 Å². The van der Waals surface area contributed by atoms with E-state index in [9.17, 15) is 4.79 Å². The smallest absolute Gasteiger partial charge is 0.321 e. The van der Waals surface area contributed by atoms with Crippen molar-refractivity contribution in [2.24, 2.45) is 5.73 Å². The maximum atomic E-state index is 10.5. The predicted molar refractivity (Wildman–Crippen MR) is 62.8 cm³/mol. The van der Waals surface area contributed by atoms with Gasteiger partial charge in [-0.1, -0.05) is 29.3 Å². The van der Waals surface area contributed by atoms with Gasteiger partial charge in [0.2, 0.25) is 0 Å². The van der Waals surface area contributed by atoms with Gasteiger partial charge in [0.15, 0.2) is 0 Å². The van der Waals surface area contributed by atoms with E-state index in [4.69, 9.17) is 34.0 Å². The van der Waals surface area contributed by atoms with E-state index in [2.05, 4.69) is 0 Å². The number of hydrogen-bond donors (Lipinski definition) is 2. The summed E-state index contributed by atoms with van der Waals surface area (Å²) in [6.45, 7) is 0. The van der Waals surface area contributed by atoms with E-state index in [0.29, 0.717) is 14.9 Å². The third kappa shape index (κ3) is 3.57. The first-order valence-electron chi connectivity index (χ1n) is 4.07. The molecule has 0 saturated heterocycles. The average molecular weight is 266 g/mol. The number of hydrogen-bond acceptors (Lipinski definition) is 3. The molecule has 0 spiro atoms. The fourth-order valence-corrected chi connectivity index (χ4v) is 2.49. The number of thioether (sulfide) groups is 1. The lowest BCUT2D eigenvalue weighted by Crippen LogP contribution is -2.32. The molecule has 1 atom stereocenters. The Morgan fingerprint density at radius 1 is 1.47 bits per heavy atom. The van der Waals surface area contributed by atoms with Crippen molar-refractivity contribution in [3.8, 4) is 0 Å². The van der Waals surface area contributed by atoms with E-state index in [1.165, 1.54) is 11.8 Å². The fraction of sp³-hybridized carbons (Fsp3) is 0.222. The average Bonchev–Trinajstić information content (AvgIpc) is 2.16. The third-order valence-corrected chi connectivity index (χ3v) is 3.75. The molecule has 15 heavy (non-hydrogen) atoms. The Kier molecular flexibility index (Phi) is 4.73. The molecule has 3 nitrogen and oxygen atoms in total. The minimum absolute atomic E-state index is 0.235. The van der Waals surface area contributed by atoms with Crippen molar-refractivity contribution in [1.82, 2.24) is 0 Å². The Bertz CT molecular complexity index is 353. The summed E-state index contributed by atoms with van der Waals surface area (Å²) in [5, 5.41) is 9.60. The zero-order chi connectivity index (χ0) is 11.4. The lowest BCUT2D eigenvalue weighted by Gasteiger charge is -2.08. The Morgan fingerprint density at radius 2 is 2.00 bits per heavy atom. The molecular weight excluding hydrogens is 257 g/mol. The molecule has 1 aromatic rings. The summed E-state index contributed by atoms with van der Waals surface area (Å²) in [7, 11) is 0. The summed E-state index contributed by atoms with van der Waals surface area (Å²) in [6, 6.07) is 4.21. The quantitative estimate of drug-likeness (QED) is 0.822. The number of nitrogens with two attached hydrogens (primary N) is 1. The second kappa shape index (κ2) is 5.61. The molecule has 0 aliphatic rings. The highest BCUT2D eigenvalue weighted by Crippen LogP contribution is 2.33. The van der Waals surface area contributed by atoms with Gasteiger partial charge >= 0.3 is 5.97 Å². The van der Waals surface area contributed by atoms with E-state index in [-0.39, 0.29) is 5.75 Å². The number of aliphatic carboxylic acids is 1. The minimum atomic E-state index is -1.04. The van der Waals surface area contributed by atoms with Crippen molar-refractivity contribution in [3.05, 3.63) is 28.2 Å². The Morgan fingerprint density at radius 3 is 2.47 bits per heavy atom. The molecule has 1 unspecified atom stereocenters. The molecule has 0 heterocycles. The molecule has 0 bridgehead atoms. The van der Waals surface area contributed by atoms with Gasteiger partial charge in [-0.25, -0.2) is 0 Å². The van der Waals surface area contributed by atoms with Crippen LogP contribution in [0.4, 0.5) is 0 Å². The van der Waals surface area contributed by atoms with E-state index in [1.807, 2.05) is 0 Å². The van der Waals surface area contributed by atoms with Gasteiger partial charge in [-0.15, -0.1) is 11.8 Å². The topological polar surface area (TPSA) is 63.3 Å². The predicted octanol–water partition coefficient (Wildman–Crippen LogP) is 2.50. The van der Waals surface area contributed by atoms with E-state index >= 15 is 0 Å². The molecule has 1 rings (SSSR count). The van der Waals surface area contributed by atoms with Crippen LogP contribution in [-0.2, 0) is 4.79 Å². The summed E-state index contributed by atoms with van der Waals surface area (Å²) >= 11 is 13.0. The van der Waals surface area contributed by atoms with Crippen molar-refractivity contribution >= 4 is 40.9 Å². The number of carboxylic acids is 1. The number of carboxylic acid groups (broad SMARTS) is 1. The monoisotopic (exact) mass is 265 g/mol. The SMILES string of the molecule is NC(CSc1c(Cl)cccc1Cl)C(=O)O. The zero-order valence-corrected chi connectivity index (χ0v) is 9.94. The van der Waals surface area contributed by atoms with Gasteiger partial charge < -0.3 is 10.8 Å². The summed E-state index contributed by atoms with van der Waals surface area (Å²) in [5.41, 5.74) is 5.36. The van der Waals surface area contributed by atoms with E-state index in [1.54, 1.807) is 18.2 Å². The van der Waals surface area contributed by atoms with Crippen LogP contribution in [0.15, 0.2) is 23.1 Å². The number of carbonyl (C=O) groups is 1. The second-order valence-corrected chi connectivity index (χ2v) is 4.65. The number of benzene rings is 1. The summed E-state index contributed by atoms with van der Waals surface area (Å²) in [5.74, 6) is -0.802. The molecule has 0 fully saturated rings. The molecule has 82 valence electrons. The normalized spacial score (nSPS) is 12.5. The highest BCUT2D eigenvalue weighted by molar-refractivity contribution is 7.99. The molecule has 3 N–H and O–H groups in total. The summed E-state index contributed by atoms with van der Waals surface area (Å²) in [4.78, 5) is 11.2. The number of halogens is 2. The molecular formula is C9H9Cl2NO2S. The first kappa shape index (κ1) is 12.6. The van der Waals surface area contributed by atoms with Crippen LogP contribution in [0.25, 0.3) is 0 Å². The lowest BCUT2D eigenvalue weighted by molar-refractivity contribution is -0.137. The summed E-state index contributed by atoms with van der Waals surface area (Å²) < 4.78 is 0.